The van der Waals surface area contributed by atoms with Crippen molar-refractivity contribution in [1.29, 1.82) is 0 Å². The fourth-order valence-electron chi connectivity index (χ4n) is 2.74. The smallest absolute Gasteiger partial charge is 0.251 e. The molecule has 4 heteroatoms. The normalized spacial score (nSPS) is 14.9. The molecule has 0 aliphatic heterocycles. The lowest BCUT2D eigenvalue weighted by atomic mass is 10.0. The Bertz CT molecular complexity index is 718. The molecule has 0 saturated heterocycles. The molecule has 2 aromatic rings. The molecule has 0 unspecified atom stereocenters. The van der Waals surface area contributed by atoms with Gasteiger partial charge in [0.15, 0.2) is 11.5 Å². The van der Waals surface area contributed by atoms with Crippen molar-refractivity contribution in [1.82, 2.24) is 5.32 Å². The molecule has 0 bridgehead atoms. The second kappa shape index (κ2) is 5.95. The maximum Gasteiger partial charge on any atom is 0.251 e. The number of nitrogens with one attached hydrogen (secondary N) is 1. The quantitative estimate of drug-likeness (QED) is 0.920. The van der Waals surface area contributed by atoms with Crippen molar-refractivity contribution in [2.75, 3.05) is 14.2 Å². The Morgan fingerprint density at radius 3 is 2.22 bits per heavy atom. The summed E-state index contributed by atoms with van der Waals surface area (Å²) in [4.78, 5) is 12.5. The van der Waals surface area contributed by atoms with Gasteiger partial charge in [0.05, 0.1) is 19.8 Å². The van der Waals surface area contributed by atoms with E-state index in [0.29, 0.717) is 17.1 Å². The van der Waals surface area contributed by atoms with Crippen molar-refractivity contribution in [3.05, 3.63) is 59.2 Å². The summed E-state index contributed by atoms with van der Waals surface area (Å²) in [6, 6.07) is 13.4. The van der Waals surface area contributed by atoms with Gasteiger partial charge in [-0.2, -0.15) is 0 Å². The van der Waals surface area contributed by atoms with Crippen LogP contribution in [0.2, 0.25) is 0 Å². The van der Waals surface area contributed by atoms with E-state index in [4.69, 9.17) is 9.47 Å². The molecule has 0 aromatic heterocycles. The van der Waals surface area contributed by atoms with E-state index in [2.05, 4.69) is 5.32 Å². The van der Waals surface area contributed by atoms with E-state index in [0.717, 1.165) is 24.0 Å². The highest BCUT2D eigenvalue weighted by molar-refractivity contribution is 5.95. The highest BCUT2D eigenvalue weighted by Gasteiger charge is 2.46. The summed E-state index contributed by atoms with van der Waals surface area (Å²) in [5.41, 5.74) is 2.59. The molecule has 1 amide bonds. The van der Waals surface area contributed by atoms with Gasteiger partial charge in [-0.3, -0.25) is 4.79 Å². The van der Waals surface area contributed by atoms with Crippen LogP contribution in [0.1, 0.15) is 34.3 Å². The molecule has 4 nitrogen and oxygen atoms in total. The van der Waals surface area contributed by atoms with Crippen LogP contribution in [0.15, 0.2) is 42.5 Å². The van der Waals surface area contributed by atoms with Crippen LogP contribution in [0.4, 0.5) is 0 Å². The van der Waals surface area contributed by atoms with Crippen molar-refractivity contribution in [2.45, 2.75) is 25.3 Å². The third kappa shape index (κ3) is 3.02. The van der Waals surface area contributed by atoms with Gasteiger partial charge in [0.1, 0.15) is 0 Å². The maximum atomic E-state index is 12.5. The minimum atomic E-state index is -0.290. The Labute approximate surface area is 136 Å². The first-order chi connectivity index (χ1) is 11.1. The van der Waals surface area contributed by atoms with Gasteiger partial charge in [0.2, 0.25) is 0 Å². The van der Waals surface area contributed by atoms with Crippen molar-refractivity contribution in [2.24, 2.45) is 0 Å². The number of hydrogen-bond acceptors (Lipinski definition) is 3. The maximum absolute atomic E-state index is 12.5. The fraction of sp³-hybridized carbons (Fsp3) is 0.316. The van der Waals surface area contributed by atoms with E-state index < -0.39 is 0 Å². The summed E-state index contributed by atoms with van der Waals surface area (Å²) in [5.74, 6) is 1.33. The molecule has 2 aromatic carbocycles. The van der Waals surface area contributed by atoms with E-state index in [1.165, 1.54) is 0 Å². The standard InChI is InChI=1S/C19H21NO3/c1-13-4-6-14(7-5-13)18(21)20-19(10-11-19)15-8-9-16(22-2)17(12-15)23-3/h4-9,12H,10-11H2,1-3H3,(H,20,21). The van der Waals surface area contributed by atoms with Crippen molar-refractivity contribution in [3.8, 4) is 11.5 Å². The molecule has 1 aliphatic rings. The number of hydrogen-bond donors (Lipinski definition) is 1. The Kier molecular flexibility index (Phi) is 3.99. The van der Waals surface area contributed by atoms with Crippen LogP contribution < -0.4 is 14.8 Å². The highest BCUT2D eigenvalue weighted by atomic mass is 16.5. The number of carbonyl (C=O) groups excluding carboxylic acids is 1. The third-order valence-corrected chi connectivity index (χ3v) is 4.35. The zero-order valence-corrected chi connectivity index (χ0v) is 13.7. The second-order valence-corrected chi connectivity index (χ2v) is 5.97. The summed E-state index contributed by atoms with van der Waals surface area (Å²) in [7, 11) is 3.23. The molecule has 1 saturated carbocycles. The first kappa shape index (κ1) is 15.4. The molecular weight excluding hydrogens is 290 g/mol. The predicted molar refractivity (Wildman–Crippen MR) is 89.1 cm³/mol. The van der Waals surface area contributed by atoms with E-state index >= 15 is 0 Å². The number of aryl methyl sites for hydroxylation is 1. The van der Waals surface area contributed by atoms with Crippen LogP contribution in [0.3, 0.4) is 0 Å². The lowest BCUT2D eigenvalue weighted by molar-refractivity contribution is 0.0930. The molecule has 23 heavy (non-hydrogen) atoms. The molecule has 0 heterocycles. The Morgan fingerprint density at radius 1 is 1.00 bits per heavy atom. The Morgan fingerprint density at radius 2 is 1.65 bits per heavy atom. The van der Waals surface area contributed by atoms with Gasteiger partial charge in [-0.05, 0) is 49.6 Å². The van der Waals surface area contributed by atoms with Gasteiger partial charge in [-0.15, -0.1) is 0 Å². The summed E-state index contributed by atoms with van der Waals surface area (Å²) in [6.45, 7) is 2.01. The van der Waals surface area contributed by atoms with E-state index in [1.807, 2.05) is 49.4 Å². The number of carbonyl (C=O) groups is 1. The van der Waals surface area contributed by atoms with Gasteiger partial charge in [0.25, 0.3) is 5.91 Å². The van der Waals surface area contributed by atoms with E-state index in [9.17, 15) is 4.79 Å². The molecule has 1 aliphatic carbocycles. The number of rotatable bonds is 5. The van der Waals surface area contributed by atoms with Crippen LogP contribution in [0.5, 0.6) is 11.5 Å². The van der Waals surface area contributed by atoms with Crippen LogP contribution in [-0.2, 0) is 5.54 Å². The minimum absolute atomic E-state index is 0.0442. The number of amides is 1. The van der Waals surface area contributed by atoms with E-state index in [-0.39, 0.29) is 11.4 Å². The molecule has 0 radical (unpaired) electrons. The van der Waals surface area contributed by atoms with Gasteiger partial charge in [-0.25, -0.2) is 0 Å². The zero-order valence-electron chi connectivity index (χ0n) is 13.7. The predicted octanol–water partition coefficient (Wildman–Crippen LogP) is 3.43. The Balaban J connectivity index is 1.82. The van der Waals surface area contributed by atoms with Crippen molar-refractivity contribution < 1.29 is 14.3 Å². The van der Waals surface area contributed by atoms with Crippen LogP contribution >= 0.6 is 0 Å². The molecule has 0 atom stereocenters. The zero-order chi connectivity index (χ0) is 16.4. The molecule has 1 N–H and O–H groups in total. The topological polar surface area (TPSA) is 47.6 Å². The largest absolute Gasteiger partial charge is 0.493 e. The highest BCUT2D eigenvalue weighted by Crippen LogP contribution is 2.47. The van der Waals surface area contributed by atoms with Gasteiger partial charge in [-0.1, -0.05) is 23.8 Å². The number of ether oxygens (including phenoxy) is 2. The van der Waals surface area contributed by atoms with Gasteiger partial charge in [0, 0.05) is 5.56 Å². The van der Waals surface area contributed by atoms with Gasteiger partial charge >= 0.3 is 0 Å². The SMILES string of the molecule is COc1ccc(C2(NC(=O)c3ccc(C)cc3)CC2)cc1OC. The summed E-state index contributed by atoms with van der Waals surface area (Å²) in [5, 5.41) is 3.17. The van der Waals surface area contributed by atoms with Gasteiger partial charge < -0.3 is 14.8 Å². The number of benzene rings is 2. The monoisotopic (exact) mass is 311 g/mol. The van der Waals surface area contributed by atoms with Crippen LogP contribution in [0, 0.1) is 6.92 Å². The molecular formula is C19H21NO3. The van der Waals surface area contributed by atoms with Crippen LogP contribution in [0.25, 0.3) is 0 Å². The molecule has 1 fully saturated rings. The lowest BCUT2D eigenvalue weighted by Crippen LogP contribution is -2.34. The average molecular weight is 311 g/mol. The summed E-state index contributed by atoms with van der Waals surface area (Å²) >= 11 is 0. The molecule has 3 rings (SSSR count). The minimum Gasteiger partial charge on any atom is -0.493 e. The summed E-state index contributed by atoms with van der Waals surface area (Å²) < 4.78 is 10.6. The lowest BCUT2D eigenvalue weighted by Gasteiger charge is -2.19. The Hall–Kier alpha value is -2.49. The second-order valence-electron chi connectivity index (χ2n) is 5.97. The number of methoxy groups -OCH3 is 2. The molecule has 120 valence electrons. The van der Waals surface area contributed by atoms with E-state index in [1.54, 1.807) is 14.2 Å². The first-order valence-corrected chi connectivity index (χ1v) is 7.70. The fourth-order valence-corrected chi connectivity index (χ4v) is 2.74. The van der Waals surface area contributed by atoms with Crippen molar-refractivity contribution in [3.63, 3.8) is 0 Å². The third-order valence-electron chi connectivity index (χ3n) is 4.35. The summed E-state index contributed by atoms with van der Waals surface area (Å²) in [6.07, 6.45) is 1.86. The van der Waals surface area contributed by atoms with Crippen molar-refractivity contribution >= 4 is 5.91 Å². The first-order valence-electron chi connectivity index (χ1n) is 7.70. The van der Waals surface area contributed by atoms with Crippen LogP contribution in [-0.4, -0.2) is 20.1 Å². The average Bonchev–Trinajstić information content (AvgIpc) is 3.35. The molecule has 0 spiro atoms.